The van der Waals surface area contributed by atoms with Crippen molar-refractivity contribution in [1.29, 1.82) is 0 Å². The van der Waals surface area contributed by atoms with Crippen LogP contribution in [-0.2, 0) is 19.1 Å². The molecule has 0 rings (SSSR count). The summed E-state index contributed by atoms with van der Waals surface area (Å²) in [7, 11) is 0. The molecule has 0 bridgehead atoms. The second-order valence-electron chi connectivity index (χ2n) is 14.4. The number of aliphatic hydroxyl groups is 1. The molecule has 1 unspecified atom stereocenters. The van der Waals surface area contributed by atoms with Gasteiger partial charge in [0.1, 0.15) is 6.61 Å². The smallest absolute Gasteiger partial charge is 0.306 e. The third kappa shape index (κ3) is 44.8. The molecule has 0 aliphatic rings. The normalized spacial score (nSPS) is 13.5. The van der Waals surface area contributed by atoms with Gasteiger partial charge in [0.05, 0.1) is 6.61 Å². The molecule has 0 heterocycles. The zero-order chi connectivity index (χ0) is 42.1. The zero-order valence-electron chi connectivity index (χ0n) is 36.7. The standard InChI is InChI=1S/C53H82O5/c1-3-5-7-9-11-13-15-16-17-18-19-20-21-22-23-24-25-26-27-28-29-30-31-32-33-34-35-36-38-40-42-44-46-48-53(56)58-51(49-54)50-57-52(55)47-45-43-41-39-37-14-12-10-8-6-4-2/h5,7,10-13,16-17,19-20,22-23,25-26,28-29,31-32,34-35,38,40,51,54H,3-4,6,8-9,14-15,18,21,24,27,30,33,36-37,39,41-50H2,1-2H3/b7-5-,12-10-,13-11-,17-16-,20-19-,23-22-,26-25-,29-28-,32-31-,35-34-,40-38-. The van der Waals surface area contributed by atoms with Crippen molar-refractivity contribution in [3.05, 3.63) is 134 Å². The number of carbonyl (C=O) groups excluding carboxylic acids is 2. The average molecular weight is 799 g/mol. The maximum atomic E-state index is 12.2. The topological polar surface area (TPSA) is 72.8 Å². The number of unbranched alkanes of at least 4 members (excludes halogenated alkanes) is 9. The van der Waals surface area contributed by atoms with Gasteiger partial charge in [-0.2, -0.15) is 0 Å². The highest BCUT2D eigenvalue weighted by molar-refractivity contribution is 5.70. The Hall–Kier alpha value is -3.96. The average Bonchev–Trinajstić information content (AvgIpc) is 3.23. The van der Waals surface area contributed by atoms with Crippen LogP contribution in [0.2, 0.25) is 0 Å². The van der Waals surface area contributed by atoms with Crippen LogP contribution in [0.5, 0.6) is 0 Å². The lowest BCUT2D eigenvalue weighted by atomic mass is 10.1. The van der Waals surface area contributed by atoms with Gasteiger partial charge in [0.2, 0.25) is 0 Å². The molecule has 0 aliphatic carbocycles. The first-order valence-electron chi connectivity index (χ1n) is 22.7. The summed E-state index contributed by atoms with van der Waals surface area (Å²) in [5.41, 5.74) is 0. The molecule has 5 heteroatoms. The van der Waals surface area contributed by atoms with Crippen LogP contribution >= 0.6 is 0 Å². The first-order chi connectivity index (χ1) is 28.6. The number of rotatable bonds is 39. The zero-order valence-corrected chi connectivity index (χ0v) is 36.7. The molecule has 58 heavy (non-hydrogen) atoms. The van der Waals surface area contributed by atoms with Gasteiger partial charge in [-0.25, -0.2) is 0 Å². The van der Waals surface area contributed by atoms with Crippen molar-refractivity contribution in [3.63, 3.8) is 0 Å². The van der Waals surface area contributed by atoms with Gasteiger partial charge in [-0.3, -0.25) is 9.59 Å². The Bertz CT molecular complexity index is 1270. The molecule has 0 spiro atoms. The van der Waals surface area contributed by atoms with Crippen molar-refractivity contribution < 1.29 is 24.2 Å². The Morgan fingerprint density at radius 3 is 1.17 bits per heavy atom. The molecule has 1 N–H and O–H groups in total. The van der Waals surface area contributed by atoms with Gasteiger partial charge in [-0.1, -0.05) is 180 Å². The quantitative estimate of drug-likeness (QED) is 0.0381. The lowest BCUT2D eigenvalue weighted by Gasteiger charge is -2.15. The molecule has 0 aromatic rings. The molecule has 5 nitrogen and oxygen atoms in total. The number of carbonyl (C=O) groups is 2. The highest BCUT2D eigenvalue weighted by atomic mass is 16.6. The Morgan fingerprint density at radius 2 is 0.741 bits per heavy atom. The summed E-state index contributed by atoms with van der Waals surface area (Å²) < 4.78 is 10.6. The lowest BCUT2D eigenvalue weighted by Crippen LogP contribution is -2.28. The first-order valence-corrected chi connectivity index (χ1v) is 22.7. The third-order valence-electron chi connectivity index (χ3n) is 8.93. The van der Waals surface area contributed by atoms with E-state index < -0.39 is 6.10 Å². The molecule has 0 aromatic carbocycles. The van der Waals surface area contributed by atoms with E-state index in [0.717, 1.165) is 103 Å². The van der Waals surface area contributed by atoms with E-state index in [9.17, 15) is 14.7 Å². The highest BCUT2D eigenvalue weighted by Gasteiger charge is 2.16. The summed E-state index contributed by atoms with van der Waals surface area (Å²) in [5.74, 6) is -0.668. The molecule has 0 radical (unpaired) electrons. The number of ether oxygens (including phenoxy) is 2. The number of allylic oxidation sites excluding steroid dienone is 22. The fraction of sp³-hybridized carbons (Fsp3) is 0.547. The summed E-state index contributed by atoms with van der Waals surface area (Å²) in [4.78, 5) is 24.2. The molecule has 0 saturated carbocycles. The van der Waals surface area contributed by atoms with Crippen molar-refractivity contribution in [3.8, 4) is 0 Å². The van der Waals surface area contributed by atoms with E-state index in [1.807, 2.05) is 0 Å². The van der Waals surface area contributed by atoms with E-state index in [0.29, 0.717) is 12.8 Å². The van der Waals surface area contributed by atoms with Crippen LogP contribution in [0, 0.1) is 0 Å². The van der Waals surface area contributed by atoms with E-state index >= 15 is 0 Å². The minimum atomic E-state index is -0.807. The van der Waals surface area contributed by atoms with Gasteiger partial charge in [-0.05, 0) is 109 Å². The second kappa shape index (κ2) is 47.4. The number of esters is 2. The number of hydrogen-bond donors (Lipinski definition) is 1. The lowest BCUT2D eigenvalue weighted by molar-refractivity contribution is -0.161. The van der Waals surface area contributed by atoms with Gasteiger partial charge in [-0.15, -0.1) is 0 Å². The van der Waals surface area contributed by atoms with Crippen molar-refractivity contribution in [2.24, 2.45) is 0 Å². The fourth-order valence-electron chi connectivity index (χ4n) is 5.50. The molecule has 0 saturated heterocycles. The monoisotopic (exact) mass is 799 g/mol. The Morgan fingerprint density at radius 1 is 0.414 bits per heavy atom. The number of hydrogen-bond acceptors (Lipinski definition) is 5. The summed E-state index contributed by atoms with van der Waals surface area (Å²) in [5, 5.41) is 9.56. The van der Waals surface area contributed by atoms with E-state index in [1.165, 1.54) is 32.1 Å². The van der Waals surface area contributed by atoms with Gasteiger partial charge in [0.15, 0.2) is 6.10 Å². The van der Waals surface area contributed by atoms with E-state index in [2.05, 4.69) is 148 Å². The summed E-state index contributed by atoms with van der Waals surface area (Å²) in [6, 6.07) is 0. The van der Waals surface area contributed by atoms with Crippen LogP contribution in [0.4, 0.5) is 0 Å². The summed E-state index contributed by atoms with van der Waals surface area (Å²) in [6.45, 7) is 3.91. The molecular weight excluding hydrogens is 717 g/mol. The van der Waals surface area contributed by atoms with Gasteiger partial charge in [0, 0.05) is 12.8 Å². The minimum Gasteiger partial charge on any atom is -0.462 e. The van der Waals surface area contributed by atoms with Crippen molar-refractivity contribution in [2.75, 3.05) is 13.2 Å². The maximum absolute atomic E-state index is 12.2. The van der Waals surface area contributed by atoms with Crippen LogP contribution in [0.1, 0.15) is 168 Å². The van der Waals surface area contributed by atoms with Crippen LogP contribution in [0.25, 0.3) is 0 Å². The molecular formula is C53H82O5. The van der Waals surface area contributed by atoms with E-state index in [1.54, 1.807) is 0 Å². The first kappa shape index (κ1) is 54.0. The van der Waals surface area contributed by atoms with Gasteiger partial charge < -0.3 is 14.6 Å². The molecule has 0 aliphatic heterocycles. The van der Waals surface area contributed by atoms with Gasteiger partial charge in [0.25, 0.3) is 0 Å². The summed E-state index contributed by atoms with van der Waals surface area (Å²) in [6.07, 6.45) is 71.1. The highest BCUT2D eigenvalue weighted by Crippen LogP contribution is 2.10. The minimum absolute atomic E-state index is 0.0970. The second-order valence-corrected chi connectivity index (χ2v) is 14.4. The Labute approximate surface area is 355 Å². The van der Waals surface area contributed by atoms with Crippen LogP contribution in [0.15, 0.2) is 134 Å². The van der Waals surface area contributed by atoms with Crippen LogP contribution in [-0.4, -0.2) is 36.4 Å². The van der Waals surface area contributed by atoms with Crippen molar-refractivity contribution in [1.82, 2.24) is 0 Å². The Balaban J connectivity index is 3.73. The SMILES string of the molecule is CC/C=C\C/C=C\C/C=C\C/C=C\C/C=C\C/C=C\C/C=C\C/C=C\C/C=C\C/C=C\CCCCC(=O)OC(CO)COC(=O)CCCCCCC/C=C\CCCC. The largest absolute Gasteiger partial charge is 0.462 e. The molecule has 1 atom stereocenters. The predicted molar refractivity (Wildman–Crippen MR) is 251 cm³/mol. The predicted octanol–water partition coefficient (Wildman–Crippen LogP) is 15.0. The fourth-order valence-corrected chi connectivity index (χ4v) is 5.50. The third-order valence-corrected chi connectivity index (χ3v) is 8.93. The molecule has 0 aromatic heterocycles. The molecule has 0 fully saturated rings. The van der Waals surface area contributed by atoms with Gasteiger partial charge >= 0.3 is 11.9 Å². The van der Waals surface area contributed by atoms with Crippen LogP contribution in [0.3, 0.4) is 0 Å². The summed E-state index contributed by atoms with van der Waals surface area (Å²) >= 11 is 0. The molecule has 324 valence electrons. The Kier molecular flexibility index (Phi) is 44.2. The molecule has 0 amide bonds. The van der Waals surface area contributed by atoms with E-state index in [4.69, 9.17) is 9.47 Å². The van der Waals surface area contributed by atoms with Crippen LogP contribution < -0.4 is 0 Å². The maximum Gasteiger partial charge on any atom is 0.306 e. The van der Waals surface area contributed by atoms with Crippen molar-refractivity contribution >= 4 is 11.9 Å². The van der Waals surface area contributed by atoms with E-state index in [-0.39, 0.29) is 31.6 Å². The van der Waals surface area contributed by atoms with Crippen molar-refractivity contribution in [2.45, 2.75) is 174 Å². The number of aliphatic hydroxyl groups excluding tert-OH is 1.